The maximum atomic E-state index is 14.7. The van der Waals surface area contributed by atoms with Gasteiger partial charge in [0.05, 0.1) is 35.1 Å². The van der Waals surface area contributed by atoms with Gasteiger partial charge in [0.2, 0.25) is 0 Å². The highest BCUT2D eigenvalue weighted by atomic mass is 16.5. The first-order valence-corrected chi connectivity index (χ1v) is 16.1. The van der Waals surface area contributed by atoms with Gasteiger partial charge in [-0.15, -0.1) is 0 Å². The van der Waals surface area contributed by atoms with Crippen LogP contribution in [0.3, 0.4) is 0 Å². The largest absolute Gasteiger partial charge is 0.393 e. The fraction of sp³-hybridized carbons (Fsp3) is 0.676. The minimum Gasteiger partial charge on any atom is -0.393 e. The summed E-state index contributed by atoms with van der Waals surface area (Å²) in [5, 5.41) is 33.0. The van der Waals surface area contributed by atoms with Crippen LogP contribution >= 0.6 is 0 Å². The molecule has 10 atom stereocenters. The number of hydrogen-bond donors (Lipinski definition) is 3. The summed E-state index contributed by atoms with van der Waals surface area (Å²) in [5.74, 6) is -0.479. The van der Waals surface area contributed by atoms with Crippen LogP contribution in [0.2, 0.25) is 0 Å². The van der Waals surface area contributed by atoms with E-state index in [-0.39, 0.29) is 54.5 Å². The number of carbonyl (C=O) groups excluding carboxylic acids is 1. The third kappa shape index (κ3) is 3.48. The lowest BCUT2D eigenvalue weighted by molar-refractivity contribution is -0.239. The lowest BCUT2D eigenvalue weighted by Crippen LogP contribution is -2.79. The van der Waals surface area contributed by atoms with Crippen molar-refractivity contribution >= 4 is 5.78 Å². The Kier molecular flexibility index (Phi) is 6.37. The van der Waals surface area contributed by atoms with E-state index in [1.807, 2.05) is 19.1 Å². The molecule has 4 aliphatic carbocycles. The normalized spacial score (nSPS) is 41.0. The van der Waals surface area contributed by atoms with E-state index in [4.69, 9.17) is 4.74 Å². The maximum absolute atomic E-state index is 14.7. The van der Waals surface area contributed by atoms with Crippen molar-refractivity contribution in [1.29, 1.82) is 0 Å². The Labute approximate surface area is 256 Å². The van der Waals surface area contributed by atoms with Crippen LogP contribution in [-0.2, 0) is 20.6 Å². The molecule has 2 aromatic rings. The average Bonchev–Trinajstić information content (AvgIpc) is 3.47. The molecule has 3 fully saturated rings. The topological polar surface area (TPSA) is 136 Å². The molecule has 44 heavy (non-hydrogen) atoms. The predicted molar refractivity (Wildman–Crippen MR) is 162 cm³/mol. The molecule has 0 unspecified atom stereocenters. The number of aliphatic hydroxyl groups is 3. The molecule has 10 heteroatoms. The molecule has 6 aliphatic rings. The number of aliphatic hydroxyl groups excluding tert-OH is 2. The van der Waals surface area contributed by atoms with Crippen LogP contribution in [0.15, 0.2) is 52.1 Å². The van der Waals surface area contributed by atoms with Crippen molar-refractivity contribution in [3.8, 4) is 5.69 Å². The molecule has 0 saturated heterocycles. The Bertz CT molecular complexity index is 1650. The first-order chi connectivity index (χ1) is 20.6. The molecule has 1 aromatic carbocycles. The molecular formula is C34H45N3O7. The number of para-hydroxylation sites is 1. The Morgan fingerprint density at radius 3 is 2.39 bits per heavy atom. The van der Waals surface area contributed by atoms with Gasteiger partial charge in [0.1, 0.15) is 12.2 Å². The van der Waals surface area contributed by atoms with Crippen molar-refractivity contribution in [2.24, 2.45) is 28.6 Å². The first-order valence-electron chi connectivity index (χ1n) is 16.1. The van der Waals surface area contributed by atoms with E-state index >= 15 is 0 Å². The Balaban J connectivity index is 1.41. The Hall–Kier alpha value is -2.79. The van der Waals surface area contributed by atoms with Gasteiger partial charge in [-0.2, -0.15) is 0 Å². The van der Waals surface area contributed by atoms with Gasteiger partial charge in [-0.25, -0.2) is 23.5 Å². The molecule has 8 rings (SSSR count). The molecular weight excluding hydrogens is 562 g/mol. The van der Waals surface area contributed by atoms with Crippen LogP contribution < -0.4 is 11.4 Å². The SMILES string of the molecule is C[C@H](OCC(=O)C(C)(C)O)[C@H]1CC[C@@H]2[C@]1(C)CC[C@H]1[C@]23C=C[C@]2(C[C@@H](O)C[C@H](O)[C@]12C)n1c(=O)n(-c2ccccc2)c(=O)n13. The molecule has 3 N–H and O–H groups in total. The second kappa shape index (κ2) is 9.37. The first kappa shape index (κ1) is 29.9. The van der Waals surface area contributed by atoms with Crippen molar-refractivity contribution < 1.29 is 24.9 Å². The lowest BCUT2D eigenvalue weighted by atomic mass is 9.40. The fourth-order valence-corrected chi connectivity index (χ4v) is 10.8. The molecule has 1 aromatic heterocycles. The maximum Gasteiger partial charge on any atom is 0.352 e. The van der Waals surface area contributed by atoms with Crippen molar-refractivity contribution in [3.63, 3.8) is 0 Å². The van der Waals surface area contributed by atoms with Gasteiger partial charge >= 0.3 is 11.4 Å². The number of aromatic nitrogens is 3. The third-order valence-electron chi connectivity index (χ3n) is 12.9. The lowest BCUT2D eigenvalue weighted by Gasteiger charge is -2.72. The Morgan fingerprint density at radius 1 is 1.02 bits per heavy atom. The summed E-state index contributed by atoms with van der Waals surface area (Å²) in [6.07, 6.45) is 5.87. The van der Waals surface area contributed by atoms with Gasteiger partial charge in [-0.3, -0.25) is 4.79 Å². The minimum absolute atomic E-state index is 0.0461. The molecule has 0 amide bonds. The number of rotatable bonds is 6. The summed E-state index contributed by atoms with van der Waals surface area (Å²) < 4.78 is 10.7. The van der Waals surface area contributed by atoms with Gasteiger partial charge in [0, 0.05) is 11.8 Å². The number of ketones is 1. The van der Waals surface area contributed by atoms with E-state index < -0.39 is 45.7 Å². The van der Waals surface area contributed by atoms with E-state index in [0.29, 0.717) is 5.69 Å². The highest BCUT2D eigenvalue weighted by molar-refractivity contribution is 5.87. The zero-order valence-corrected chi connectivity index (χ0v) is 26.3. The van der Waals surface area contributed by atoms with Gasteiger partial charge in [-0.1, -0.05) is 44.2 Å². The summed E-state index contributed by atoms with van der Waals surface area (Å²) in [6.45, 7) is 9.07. The number of benzene rings is 1. The van der Waals surface area contributed by atoms with E-state index in [2.05, 4.69) is 19.9 Å². The zero-order valence-electron chi connectivity index (χ0n) is 26.3. The number of fused-ring (bicyclic) bond motifs is 1. The Morgan fingerprint density at radius 2 is 1.70 bits per heavy atom. The van der Waals surface area contributed by atoms with Crippen LogP contribution in [0.5, 0.6) is 0 Å². The molecule has 10 nitrogen and oxygen atoms in total. The summed E-state index contributed by atoms with van der Waals surface area (Å²) in [6, 6.07) is 8.96. The molecule has 0 radical (unpaired) electrons. The quantitative estimate of drug-likeness (QED) is 0.430. The standard InChI is InChI=1S/C34H45N3O7/c1-20(44-19-27(40)30(2,3)43)23-11-12-24-31(23,4)14-13-25-32(5)26(39)17-22(38)18-33(32)15-16-34(24,25)37-29(42)35(28(41)36(33)37)21-9-7-6-8-10-21/h6-10,15-16,20,22-26,38-39,43H,11-14,17-19H2,1-5H3/t20-,22-,23+,24+,25+,26-,31+,32-,33+,34-/m0/s1. The van der Waals surface area contributed by atoms with E-state index in [0.717, 1.165) is 25.7 Å². The summed E-state index contributed by atoms with van der Waals surface area (Å²) in [4.78, 5) is 41.7. The summed E-state index contributed by atoms with van der Waals surface area (Å²) in [5.41, 5.74) is -4.87. The van der Waals surface area contributed by atoms with Crippen LogP contribution in [0.4, 0.5) is 0 Å². The highest BCUT2D eigenvalue weighted by Gasteiger charge is 2.77. The van der Waals surface area contributed by atoms with Crippen LogP contribution in [0, 0.1) is 28.6 Å². The smallest absolute Gasteiger partial charge is 0.352 e. The number of Topliss-reactive ketones (excluding diaryl/α,β-unsaturated/α-hetero) is 1. The second-order valence-electron chi connectivity index (χ2n) is 15.2. The molecule has 2 bridgehead atoms. The average molecular weight is 608 g/mol. The van der Waals surface area contributed by atoms with Gasteiger partial charge in [0.25, 0.3) is 0 Å². The monoisotopic (exact) mass is 607 g/mol. The molecule has 3 heterocycles. The van der Waals surface area contributed by atoms with Gasteiger partial charge in [-0.05, 0) is 88.2 Å². The third-order valence-corrected chi connectivity index (χ3v) is 12.9. The zero-order chi connectivity index (χ0) is 31.6. The molecule has 2 aliphatic heterocycles. The van der Waals surface area contributed by atoms with E-state index in [1.54, 1.807) is 33.6 Å². The van der Waals surface area contributed by atoms with E-state index in [1.165, 1.54) is 18.4 Å². The fourth-order valence-electron chi connectivity index (χ4n) is 10.8. The molecule has 238 valence electrons. The van der Waals surface area contributed by atoms with E-state index in [9.17, 15) is 29.7 Å². The summed E-state index contributed by atoms with van der Waals surface area (Å²) >= 11 is 0. The molecule has 2 spiro atoms. The molecule has 3 saturated carbocycles. The van der Waals surface area contributed by atoms with Crippen LogP contribution in [-0.4, -0.2) is 65.6 Å². The van der Waals surface area contributed by atoms with Crippen molar-refractivity contribution in [1.82, 2.24) is 13.9 Å². The number of carbonyl (C=O) groups is 1. The minimum atomic E-state index is -1.47. The van der Waals surface area contributed by atoms with Gasteiger partial charge in [0.15, 0.2) is 5.78 Å². The summed E-state index contributed by atoms with van der Waals surface area (Å²) in [7, 11) is 0. The number of allylic oxidation sites excluding steroid dienone is 2. The van der Waals surface area contributed by atoms with Crippen molar-refractivity contribution in [2.45, 2.75) is 108 Å². The second-order valence-corrected chi connectivity index (χ2v) is 15.2. The predicted octanol–water partition coefficient (Wildman–Crippen LogP) is 2.48. The number of nitrogens with zero attached hydrogens (tertiary/aromatic N) is 3. The van der Waals surface area contributed by atoms with Gasteiger partial charge < -0.3 is 20.1 Å². The number of hydrogen-bond acceptors (Lipinski definition) is 7. The van der Waals surface area contributed by atoms with Crippen molar-refractivity contribution in [3.05, 3.63) is 63.5 Å². The van der Waals surface area contributed by atoms with Crippen LogP contribution in [0.25, 0.3) is 5.69 Å². The highest BCUT2D eigenvalue weighted by Crippen LogP contribution is 2.73. The number of ether oxygens (including phenoxy) is 1. The van der Waals surface area contributed by atoms with Crippen LogP contribution in [0.1, 0.15) is 73.1 Å². The van der Waals surface area contributed by atoms with Crippen molar-refractivity contribution in [2.75, 3.05) is 6.61 Å².